The van der Waals surface area contributed by atoms with E-state index in [1.807, 2.05) is 29.2 Å². The fraction of sp³-hybridized carbons (Fsp3) is 0.556. The van der Waals surface area contributed by atoms with Gasteiger partial charge in [0.15, 0.2) is 0 Å². The summed E-state index contributed by atoms with van der Waals surface area (Å²) in [5.41, 5.74) is 1.42. The van der Waals surface area contributed by atoms with Gasteiger partial charge in [-0.3, -0.25) is 4.79 Å². The van der Waals surface area contributed by atoms with Gasteiger partial charge in [0, 0.05) is 25.9 Å². The van der Waals surface area contributed by atoms with Crippen LogP contribution in [0.3, 0.4) is 0 Å². The van der Waals surface area contributed by atoms with E-state index >= 15 is 0 Å². The van der Waals surface area contributed by atoms with E-state index in [4.69, 9.17) is 0 Å². The Labute approximate surface area is 135 Å². The van der Waals surface area contributed by atoms with E-state index in [-0.39, 0.29) is 5.91 Å². The number of benzene rings is 1. The molecule has 0 radical (unpaired) electrons. The number of nitrogens with zero attached hydrogens (tertiary/aromatic N) is 2. The van der Waals surface area contributed by atoms with Gasteiger partial charge in [-0.2, -0.15) is 0 Å². The van der Waals surface area contributed by atoms with E-state index in [0.717, 1.165) is 49.0 Å². The van der Waals surface area contributed by atoms with Crippen molar-refractivity contribution in [3.05, 3.63) is 30.1 Å². The molecule has 23 heavy (non-hydrogen) atoms. The maximum absolute atomic E-state index is 12.3. The van der Waals surface area contributed by atoms with Crippen LogP contribution in [-0.2, 0) is 11.2 Å². The Morgan fingerprint density at radius 3 is 3.00 bits per heavy atom. The summed E-state index contributed by atoms with van der Waals surface area (Å²) in [5.74, 6) is 1.53. The van der Waals surface area contributed by atoms with Crippen molar-refractivity contribution in [3.8, 4) is 0 Å². The van der Waals surface area contributed by atoms with Crippen LogP contribution >= 0.6 is 0 Å². The van der Waals surface area contributed by atoms with E-state index in [1.165, 1.54) is 0 Å². The Kier molecular flexibility index (Phi) is 3.60. The number of H-pyrrole nitrogens is 1. The molecule has 1 aliphatic heterocycles. The highest BCUT2D eigenvalue weighted by Gasteiger charge is 2.48. The number of rotatable bonds is 5. The Bertz CT molecular complexity index is 689. The largest absolute Gasteiger partial charge is 0.388 e. The maximum atomic E-state index is 12.3. The van der Waals surface area contributed by atoms with Gasteiger partial charge in [0.2, 0.25) is 5.91 Å². The zero-order chi connectivity index (χ0) is 15.9. The molecule has 0 bridgehead atoms. The van der Waals surface area contributed by atoms with E-state index in [0.29, 0.717) is 25.4 Å². The first-order valence-electron chi connectivity index (χ1n) is 8.58. The Balaban J connectivity index is 1.28. The molecule has 2 N–H and O–H groups in total. The second-order valence-corrected chi connectivity index (χ2v) is 7.00. The summed E-state index contributed by atoms with van der Waals surface area (Å²) in [5, 5.41) is 10.5. The molecule has 1 saturated heterocycles. The number of fused-ring (bicyclic) bond motifs is 1. The summed E-state index contributed by atoms with van der Waals surface area (Å²) >= 11 is 0. The Morgan fingerprint density at radius 2 is 2.22 bits per heavy atom. The average molecular weight is 313 g/mol. The van der Waals surface area contributed by atoms with Crippen molar-refractivity contribution >= 4 is 16.9 Å². The first kappa shape index (κ1) is 14.7. The number of β-amino-alcohol motifs (C(OH)–C–C–N with tert-alkyl or cyclic N) is 1. The van der Waals surface area contributed by atoms with Gasteiger partial charge in [0.1, 0.15) is 5.82 Å². The molecule has 2 heterocycles. The van der Waals surface area contributed by atoms with Crippen LogP contribution in [0.1, 0.15) is 37.9 Å². The number of hydrogen-bond donors (Lipinski definition) is 2. The van der Waals surface area contributed by atoms with E-state index in [2.05, 4.69) is 9.97 Å². The first-order chi connectivity index (χ1) is 11.1. The molecular weight excluding hydrogens is 290 g/mol. The van der Waals surface area contributed by atoms with Crippen LogP contribution in [0, 0.1) is 5.92 Å². The molecule has 1 unspecified atom stereocenters. The summed E-state index contributed by atoms with van der Waals surface area (Å²) in [6.45, 7) is 1.23. The smallest absolute Gasteiger partial charge is 0.222 e. The van der Waals surface area contributed by atoms with Crippen LogP contribution in [0.4, 0.5) is 0 Å². The number of aromatic amines is 1. The van der Waals surface area contributed by atoms with Crippen molar-refractivity contribution in [2.45, 2.75) is 44.1 Å². The Morgan fingerprint density at radius 1 is 1.39 bits per heavy atom. The minimum atomic E-state index is -0.603. The minimum absolute atomic E-state index is 0.165. The molecule has 0 spiro atoms. The van der Waals surface area contributed by atoms with Gasteiger partial charge in [-0.15, -0.1) is 0 Å². The van der Waals surface area contributed by atoms with E-state index < -0.39 is 5.60 Å². The summed E-state index contributed by atoms with van der Waals surface area (Å²) in [7, 11) is 0. The van der Waals surface area contributed by atoms with Crippen LogP contribution in [-0.4, -0.2) is 44.6 Å². The van der Waals surface area contributed by atoms with Crippen molar-refractivity contribution in [2.24, 2.45) is 5.92 Å². The molecule has 2 aromatic rings. The third-order valence-electron chi connectivity index (χ3n) is 5.21. The number of likely N-dealkylation sites (tertiary alicyclic amines) is 1. The van der Waals surface area contributed by atoms with Gasteiger partial charge in [-0.25, -0.2) is 4.98 Å². The third-order valence-corrected chi connectivity index (χ3v) is 5.21. The molecule has 1 aromatic carbocycles. The lowest BCUT2D eigenvalue weighted by Crippen LogP contribution is -2.37. The summed E-state index contributed by atoms with van der Waals surface area (Å²) < 4.78 is 0. The van der Waals surface area contributed by atoms with Gasteiger partial charge < -0.3 is 15.0 Å². The first-order valence-corrected chi connectivity index (χ1v) is 8.58. The van der Waals surface area contributed by atoms with Crippen LogP contribution < -0.4 is 0 Å². The summed E-state index contributed by atoms with van der Waals surface area (Å²) in [6.07, 6.45) is 5.07. The number of imidazole rings is 1. The molecule has 5 heteroatoms. The summed E-state index contributed by atoms with van der Waals surface area (Å²) in [6, 6.07) is 7.97. The molecular formula is C18H23N3O2. The van der Waals surface area contributed by atoms with Crippen LogP contribution in [0.5, 0.6) is 0 Å². The number of hydrogen-bond acceptors (Lipinski definition) is 3. The number of carbonyl (C=O) groups is 1. The van der Waals surface area contributed by atoms with Gasteiger partial charge in [-0.05, 0) is 43.7 Å². The monoisotopic (exact) mass is 313 g/mol. The number of aromatic nitrogens is 2. The number of carbonyl (C=O) groups excluding carboxylic acids is 1. The Hall–Kier alpha value is -1.88. The normalized spacial score (nSPS) is 24.5. The standard InChI is InChI=1S/C18H23N3O2/c22-17(21-11-10-18(23,12-21)13-8-9-13)7-3-6-16-19-14-4-1-2-5-15(14)20-16/h1-2,4-5,13,23H,3,6-12H2,(H,19,20). The van der Waals surface area contributed by atoms with Gasteiger partial charge in [-0.1, -0.05) is 12.1 Å². The van der Waals surface area contributed by atoms with Crippen molar-refractivity contribution in [3.63, 3.8) is 0 Å². The van der Waals surface area contributed by atoms with Crippen molar-refractivity contribution in [2.75, 3.05) is 13.1 Å². The quantitative estimate of drug-likeness (QED) is 0.889. The van der Waals surface area contributed by atoms with Crippen LogP contribution in [0.25, 0.3) is 11.0 Å². The fourth-order valence-corrected chi connectivity index (χ4v) is 3.67. The molecule has 2 fully saturated rings. The second kappa shape index (κ2) is 5.64. The highest BCUT2D eigenvalue weighted by atomic mass is 16.3. The number of aryl methyl sites for hydroxylation is 1. The van der Waals surface area contributed by atoms with Gasteiger partial charge >= 0.3 is 0 Å². The third kappa shape index (κ3) is 2.98. The van der Waals surface area contributed by atoms with E-state index in [9.17, 15) is 9.90 Å². The lowest BCUT2D eigenvalue weighted by molar-refractivity contribution is -0.131. The molecule has 1 atom stereocenters. The number of nitrogens with one attached hydrogen (secondary N) is 1. The number of para-hydroxylation sites is 2. The zero-order valence-electron chi connectivity index (χ0n) is 13.3. The molecule has 122 valence electrons. The molecule has 2 aliphatic rings. The zero-order valence-corrected chi connectivity index (χ0v) is 13.3. The molecule has 1 aliphatic carbocycles. The molecule has 1 amide bonds. The van der Waals surface area contributed by atoms with Crippen molar-refractivity contribution in [1.82, 2.24) is 14.9 Å². The SMILES string of the molecule is O=C(CCCc1nc2ccccc2[nH]1)N1CCC(O)(C2CC2)C1. The van der Waals surface area contributed by atoms with Gasteiger partial charge in [0.05, 0.1) is 16.6 Å². The van der Waals surface area contributed by atoms with Crippen LogP contribution in [0.2, 0.25) is 0 Å². The number of amides is 1. The van der Waals surface area contributed by atoms with Crippen molar-refractivity contribution < 1.29 is 9.90 Å². The predicted molar refractivity (Wildman–Crippen MR) is 87.9 cm³/mol. The van der Waals surface area contributed by atoms with Crippen molar-refractivity contribution in [1.29, 1.82) is 0 Å². The minimum Gasteiger partial charge on any atom is -0.388 e. The topological polar surface area (TPSA) is 69.2 Å². The maximum Gasteiger partial charge on any atom is 0.222 e. The molecule has 1 aromatic heterocycles. The number of aliphatic hydroxyl groups is 1. The van der Waals surface area contributed by atoms with E-state index in [1.54, 1.807) is 0 Å². The lowest BCUT2D eigenvalue weighted by Gasteiger charge is -2.23. The summed E-state index contributed by atoms with van der Waals surface area (Å²) in [4.78, 5) is 22.0. The molecule has 4 rings (SSSR count). The second-order valence-electron chi connectivity index (χ2n) is 7.00. The predicted octanol–water partition coefficient (Wildman–Crippen LogP) is 2.26. The highest BCUT2D eigenvalue weighted by molar-refractivity contribution is 5.77. The fourth-order valence-electron chi connectivity index (χ4n) is 3.67. The van der Waals surface area contributed by atoms with Crippen LogP contribution in [0.15, 0.2) is 24.3 Å². The van der Waals surface area contributed by atoms with Gasteiger partial charge in [0.25, 0.3) is 0 Å². The lowest BCUT2D eigenvalue weighted by atomic mass is 9.97. The average Bonchev–Trinajstić information content (AvgIpc) is 3.21. The molecule has 1 saturated carbocycles. The highest BCUT2D eigenvalue weighted by Crippen LogP contribution is 2.44. The molecule has 5 nitrogen and oxygen atoms in total.